The first-order valence-electron chi connectivity index (χ1n) is 6.61. The molecule has 0 aliphatic carbocycles. The van der Waals surface area contributed by atoms with Crippen LogP contribution in [0.2, 0.25) is 0 Å². The number of nitrogens with zero attached hydrogens (tertiary/aromatic N) is 2. The third-order valence-electron chi connectivity index (χ3n) is 3.35. The molecular formula is C13H21N3O2S. The van der Waals surface area contributed by atoms with Gasteiger partial charge in [0, 0.05) is 37.6 Å². The molecule has 1 aliphatic heterocycles. The van der Waals surface area contributed by atoms with Gasteiger partial charge in [0.05, 0.1) is 5.75 Å². The van der Waals surface area contributed by atoms with E-state index >= 15 is 0 Å². The summed E-state index contributed by atoms with van der Waals surface area (Å²) < 4.78 is 25.5. The van der Waals surface area contributed by atoms with Crippen LogP contribution in [0.4, 0.5) is 11.4 Å². The maximum Gasteiger partial charge on any atom is 0.214 e. The predicted octanol–water partition coefficient (Wildman–Crippen LogP) is 1.13. The van der Waals surface area contributed by atoms with Crippen molar-refractivity contribution in [3.05, 3.63) is 24.3 Å². The summed E-state index contributed by atoms with van der Waals surface area (Å²) in [5, 5.41) is 0. The minimum Gasteiger partial charge on any atom is -0.399 e. The van der Waals surface area contributed by atoms with Gasteiger partial charge in [0.25, 0.3) is 0 Å². The van der Waals surface area contributed by atoms with Crippen molar-refractivity contribution in [2.24, 2.45) is 0 Å². The Labute approximate surface area is 115 Å². The molecule has 0 aromatic heterocycles. The minimum absolute atomic E-state index is 0.245. The van der Waals surface area contributed by atoms with Crippen molar-refractivity contribution in [2.75, 3.05) is 42.6 Å². The summed E-state index contributed by atoms with van der Waals surface area (Å²) in [6.45, 7) is 4.47. The average molecular weight is 283 g/mol. The van der Waals surface area contributed by atoms with E-state index in [-0.39, 0.29) is 5.75 Å². The molecule has 2 N–H and O–H groups in total. The quantitative estimate of drug-likeness (QED) is 0.841. The van der Waals surface area contributed by atoms with Gasteiger partial charge < -0.3 is 10.6 Å². The number of benzene rings is 1. The molecule has 0 amide bonds. The van der Waals surface area contributed by atoms with E-state index in [9.17, 15) is 8.42 Å². The second-order valence-electron chi connectivity index (χ2n) is 4.79. The van der Waals surface area contributed by atoms with Crippen molar-refractivity contribution in [2.45, 2.75) is 13.3 Å². The summed E-state index contributed by atoms with van der Waals surface area (Å²) >= 11 is 0. The molecule has 6 heteroatoms. The Kier molecular flexibility index (Phi) is 4.31. The van der Waals surface area contributed by atoms with Crippen molar-refractivity contribution in [3.63, 3.8) is 0 Å². The van der Waals surface area contributed by atoms with Crippen LogP contribution in [-0.4, -0.2) is 44.7 Å². The van der Waals surface area contributed by atoms with Crippen LogP contribution in [-0.2, 0) is 10.0 Å². The smallest absolute Gasteiger partial charge is 0.214 e. The summed E-state index contributed by atoms with van der Waals surface area (Å²) in [4.78, 5) is 2.19. The number of rotatable bonds is 4. The highest BCUT2D eigenvalue weighted by Gasteiger charge is 2.26. The first-order valence-corrected chi connectivity index (χ1v) is 8.22. The Balaban J connectivity index is 1.98. The lowest BCUT2D eigenvalue weighted by atomic mass is 10.2. The van der Waals surface area contributed by atoms with E-state index in [1.165, 1.54) is 0 Å². The van der Waals surface area contributed by atoms with Gasteiger partial charge in [-0.25, -0.2) is 8.42 Å². The van der Waals surface area contributed by atoms with Gasteiger partial charge in [0.2, 0.25) is 10.0 Å². The van der Waals surface area contributed by atoms with Gasteiger partial charge in [-0.15, -0.1) is 0 Å². The molecule has 106 valence electrons. The van der Waals surface area contributed by atoms with Crippen molar-refractivity contribution < 1.29 is 8.42 Å². The van der Waals surface area contributed by atoms with E-state index in [0.717, 1.165) is 24.5 Å². The standard InChI is InChI=1S/C13H21N3O2S/c1-2-11-19(17,18)16-9-7-15(8-10-16)13-5-3-12(14)4-6-13/h3-6H,2,7-11,14H2,1H3. The zero-order valence-electron chi connectivity index (χ0n) is 11.2. The second-order valence-corrected chi connectivity index (χ2v) is 6.88. The van der Waals surface area contributed by atoms with Crippen LogP contribution in [0.25, 0.3) is 0 Å². The van der Waals surface area contributed by atoms with Gasteiger partial charge in [0.1, 0.15) is 0 Å². The molecule has 2 rings (SSSR count). The Morgan fingerprint density at radius 3 is 2.21 bits per heavy atom. The first kappa shape index (κ1) is 14.1. The van der Waals surface area contributed by atoms with E-state index in [1.54, 1.807) is 4.31 Å². The lowest BCUT2D eigenvalue weighted by Gasteiger charge is -2.35. The van der Waals surface area contributed by atoms with Crippen molar-refractivity contribution in [3.8, 4) is 0 Å². The van der Waals surface area contributed by atoms with E-state index < -0.39 is 10.0 Å². The van der Waals surface area contributed by atoms with Crippen LogP contribution in [0.1, 0.15) is 13.3 Å². The maximum atomic E-state index is 12.0. The van der Waals surface area contributed by atoms with Gasteiger partial charge in [-0.3, -0.25) is 0 Å². The Hall–Kier alpha value is -1.27. The average Bonchev–Trinajstić information content (AvgIpc) is 2.40. The third kappa shape index (κ3) is 3.39. The molecule has 1 saturated heterocycles. The summed E-state index contributed by atoms with van der Waals surface area (Å²) in [6, 6.07) is 7.70. The molecule has 0 atom stereocenters. The van der Waals surface area contributed by atoms with E-state index in [1.807, 2.05) is 31.2 Å². The fraction of sp³-hybridized carbons (Fsp3) is 0.538. The third-order valence-corrected chi connectivity index (χ3v) is 5.43. The number of hydrogen-bond acceptors (Lipinski definition) is 4. The number of piperazine rings is 1. The summed E-state index contributed by atoms with van der Waals surface area (Å²) in [7, 11) is -3.06. The number of hydrogen-bond donors (Lipinski definition) is 1. The molecule has 19 heavy (non-hydrogen) atoms. The molecule has 0 unspecified atom stereocenters. The number of nitrogen functional groups attached to an aromatic ring is 1. The molecule has 5 nitrogen and oxygen atoms in total. The zero-order valence-corrected chi connectivity index (χ0v) is 12.1. The maximum absolute atomic E-state index is 12.0. The molecule has 1 heterocycles. The van der Waals surface area contributed by atoms with Gasteiger partial charge in [0.15, 0.2) is 0 Å². The van der Waals surface area contributed by atoms with Crippen molar-refractivity contribution >= 4 is 21.4 Å². The van der Waals surface area contributed by atoms with Crippen LogP contribution < -0.4 is 10.6 Å². The van der Waals surface area contributed by atoms with Gasteiger partial charge >= 0.3 is 0 Å². The highest BCUT2D eigenvalue weighted by Crippen LogP contribution is 2.19. The van der Waals surface area contributed by atoms with Crippen LogP contribution in [0.15, 0.2) is 24.3 Å². The molecule has 1 aliphatic rings. The molecule has 0 radical (unpaired) electrons. The normalized spacial score (nSPS) is 17.6. The lowest BCUT2D eigenvalue weighted by Crippen LogP contribution is -2.49. The fourth-order valence-corrected chi connectivity index (χ4v) is 3.79. The van der Waals surface area contributed by atoms with E-state index in [0.29, 0.717) is 19.5 Å². The topological polar surface area (TPSA) is 66.6 Å². The zero-order chi connectivity index (χ0) is 13.9. The highest BCUT2D eigenvalue weighted by molar-refractivity contribution is 7.89. The summed E-state index contributed by atoms with van der Waals surface area (Å²) in [6.07, 6.45) is 0.667. The first-order chi connectivity index (χ1) is 9.03. The van der Waals surface area contributed by atoms with Crippen molar-refractivity contribution in [1.29, 1.82) is 0 Å². The lowest BCUT2D eigenvalue weighted by molar-refractivity contribution is 0.384. The summed E-state index contributed by atoms with van der Waals surface area (Å²) in [5.41, 5.74) is 7.50. The van der Waals surface area contributed by atoms with Crippen LogP contribution in [0.3, 0.4) is 0 Å². The fourth-order valence-electron chi connectivity index (χ4n) is 2.30. The Morgan fingerprint density at radius 2 is 1.68 bits per heavy atom. The van der Waals surface area contributed by atoms with Gasteiger partial charge in [-0.2, -0.15) is 4.31 Å². The number of anilines is 2. The monoisotopic (exact) mass is 283 g/mol. The molecule has 1 aromatic rings. The molecular weight excluding hydrogens is 262 g/mol. The largest absolute Gasteiger partial charge is 0.399 e. The number of sulfonamides is 1. The van der Waals surface area contributed by atoms with E-state index in [2.05, 4.69) is 4.90 Å². The highest BCUT2D eigenvalue weighted by atomic mass is 32.2. The Morgan fingerprint density at radius 1 is 1.11 bits per heavy atom. The molecule has 0 saturated carbocycles. The molecule has 0 spiro atoms. The molecule has 1 aromatic carbocycles. The molecule has 1 fully saturated rings. The number of nitrogens with two attached hydrogens (primary N) is 1. The summed E-state index contributed by atoms with van der Waals surface area (Å²) in [5.74, 6) is 0.245. The van der Waals surface area contributed by atoms with Crippen LogP contribution in [0, 0.1) is 0 Å². The van der Waals surface area contributed by atoms with Gasteiger partial charge in [-0.05, 0) is 30.7 Å². The van der Waals surface area contributed by atoms with Crippen molar-refractivity contribution in [1.82, 2.24) is 4.31 Å². The van der Waals surface area contributed by atoms with Gasteiger partial charge in [-0.1, -0.05) is 6.92 Å². The van der Waals surface area contributed by atoms with Crippen LogP contribution in [0.5, 0.6) is 0 Å². The van der Waals surface area contributed by atoms with E-state index in [4.69, 9.17) is 5.73 Å². The Bertz CT molecular complexity index is 505. The molecule has 0 bridgehead atoms. The second kappa shape index (κ2) is 5.79. The SMILES string of the molecule is CCCS(=O)(=O)N1CCN(c2ccc(N)cc2)CC1. The predicted molar refractivity (Wildman–Crippen MR) is 78.7 cm³/mol. The minimum atomic E-state index is -3.06. The van der Waals surface area contributed by atoms with Crippen LogP contribution >= 0.6 is 0 Å².